The molecule has 0 saturated carbocycles. The Labute approximate surface area is 77.4 Å². The van der Waals surface area contributed by atoms with Gasteiger partial charge in [-0.15, -0.1) is 0 Å². The summed E-state index contributed by atoms with van der Waals surface area (Å²) in [4.78, 5) is 17.2. The van der Waals surface area contributed by atoms with Crippen molar-refractivity contribution in [2.75, 3.05) is 0 Å². The summed E-state index contributed by atoms with van der Waals surface area (Å²) in [5.74, 6) is -1.41. The molecule has 0 spiro atoms. The quantitative estimate of drug-likeness (QED) is 0.781. The molecule has 0 bridgehead atoms. The summed E-state index contributed by atoms with van der Waals surface area (Å²) in [6, 6.07) is 0. The van der Waals surface area contributed by atoms with Gasteiger partial charge in [0.1, 0.15) is 0 Å². The molecule has 1 aromatic rings. The fourth-order valence-corrected chi connectivity index (χ4v) is 0.741. The minimum atomic E-state index is -2.96. The van der Waals surface area contributed by atoms with Crippen LogP contribution in [0, 0.1) is 0 Å². The molecule has 0 fully saturated rings. The summed E-state index contributed by atoms with van der Waals surface area (Å²) in [6.45, 7) is -2.96. The molecule has 14 heavy (non-hydrogen) atoms. The van der Waals surface area contributed by atoms with Gasteiger partial charge in [0, 0.05) is 0 Å². The summed E-state index contributed by atoms with van der Waals surface area (Å²) < 4.78 is 27.2. The highest BCUT2D eigenvalue weighted by Gasteiger charge is 2.07. The predicted molar refractivity (Wildman–Crippen MR) is 40.0 cm³/mol. The van der Waals surface area contributed by atoms with Crippen molar-refractivity contribution >= 4 is 5.97 Å². The molecule has 1 rings (SSSR count). The largest absolute Gasteiger partial charge is 0.481 e. The maximum Gasteiger partial charge on any atom is 0.388 e. The van der Waals surface area contributed by atoms with Crippen LogP contribution in [0.3, 0.4) is 0 Å². The molecule has 0 atom stereocenters. The van der Waals surface area contributed by atoms with Crippen molar-refractivity contribution in [3.63, 3.8) is 0 Å². The molecule has 1 aromatic heterocycles. The Balaban J connectivity index is 2.63. The number of carbonyl (C=O) groups is 1. The van der Waals surface area contributed by atoms with E-state index < -0.39 is 12.6 Å². The van der Waals surface area contributed by atoms with Crippen LogP contribution in [0.2, 0.25) is 0 Å². The van der Waals surface area contributed by atoms with E-state index in [-0.39, 0.29) is 18.0 Å². The third-order valence-corrected chi connectivity index (χ3v) is 1.22. The molecule has 0 unspecified atom stereocenters. The van der Waals surface area contributed by atoms with Crippen molar-refractivity contribution in [1.29, 1.82) is 0 Å². The molecular formula is C7H6F2N2O3. The minimum absolute atomic E-state index is 0.180. The lowest BCUT2D eigenvalue weighted by Gasteiger charge is -2.02. The van der Waals surface area contributed by atoms with Crippen LogP contribution in [0.4, 0.5) is 8.78 Å². The van der Waals surface area contributed by atoms with E-state index >= 15 is 0 Å². The minimum Gasteiger partial charge on any atom is -0.481 e. The highest BCUT2D eigenvalue weighted by atomic mass is 19.3. The van der Waals surface area contributed by atoms with E-state index in [0.29, 0.717) is 0 Å². The van der Waals surface area contributed by atoms with E-state index in [0.717, 1.165) is 12.4 Å². The van der Waals surface area contributed by atoms with Gasteiger partial charge in [0.15, 0.2) is 0 Å². The number of halogens is 2. The topological polar surface area (TPSA) is 72.3 Å². The lowest BCUT2D eigenvalue weighted by molar-refractivity contribution is -0.136. The van der Waals surface area contributed by atoms with Crippen LogP contribution in [-0.4, -0.2) is 27.7 Å². The van der Waals surface area contributed by atoms with Gasteiger partial charge in [0.2, 0.25) is 5.88 Å². The van der Waals surface area contributed by atoms with Crippen molar-refractivity contribution in [2.24, 2.45) is 0 Å². The van der Waals surface area contributed by atoms with Crippen LogP contribution in [0.1, 0.15) is 5.69 Å². The van der Waals surface area contributed by atoms with Crippen molar-refractivity contribution in [2.45, 2.75) is 13.0 Å². The van der Waals surface area contributed by atoms with Crippen LogP contribution in [0.5, 0.6) is 5.88 Å². The maximum atomic E-state index is 11.6. The van der Waals surface area contributed by atoms with Crippen LogP contribution in [0.25, 0.3) is 0 Å². The maximum absolute atomic E-state index is 11.6. The second-order valence-electron chi connectivity index (χ2n) is 2.29. The fourth-order valence-electron chi connectivity index (χ4n) is 0.741. The van der Waals surface area contributed by atoms with Crippen LogP contribution < -0.4 is 4.74 Å². The third-order valence-electron chi connectivity index (χ3n) is 1.22. The molecule has 0 radical (unpaired) electrons. The van der Waals surface area contributed by atoms with E-state index in [1.54, 1.807) is 0 Å². The summed E-state index contributed by atoms with van der Waals surface area (Å²) >= 11 is 0. The monoisotopic (exact) mass is 204 g/mol. The SMILES string of the molecule is O=C(O)Cc1cnc(OC(F)F)cn1. The first-order chi connectivity index (χ1) is 6.58. The van der Waals surface area contributed by atoms with E-state index in [4.69, 9.17) is 5.11 Å². The number of ether oxygens (including phenoxy) is 1. The highest BCUT2D eigenvalue weighted by molar-refractivity contribution is 5.69. The predicted octanol–water partition coefficient (Wildman–Crippen LogP) is 0.705. The lowest BCUT2D eigenvalue weighted by atomic mass is 10.3. The Hall–Kier alpha value is -1.79. The molecule has 76 valence electrons. The van der Waals surface area contributed by atoms with Crippen molar-refractivity contribution in [1.82, 2.24) is 9.97 Å². The average Bonchev–Trinajstić information content (AvgIpc) is 2.06. The van der Waals surface area contributed by atoms with E-state index in [1.807, 2.05) is 0 Å². The number of hydrogen-bond acceptors (Lipinski definition) is 4. The Bertz CT molecular complexity index is 315. The molecule has 7 heteroatoms. The number of nitrogens with zero attached hydrogens (tertiary/aromatic N) is 2. The molecule has 0 aliphatic carbocycles. The number of aromatic nitrogens is 2. The molecule has 0 aliphatic heterocycles. The molecule has 1 heterocycles. The molecule has 1 N–H and O–H groups in total. The zero-order valence-electron chi connectivity index (χ0n) is 6.85. The van der Waals surface area contributed by atoms with Gasteiger partial charge in [-0.2, -0.15) is 8.78 Å². The number of carboxylic acids is 1. The molecule has 0 saturated heterocycles. The number of carboxylic acid groups (broad SMARTS) is 1. The van der Waals surface area contributed by atoms with Gasteiger partial charge in [-0.25, -0.2) is 4.98 Å². The molecule has 0 aliphatic rings. The smallest absolute Gasteiger partial charge is 0.388 e. The normalized spacial score (nSPS) is 10.2. The first kappa shape index (κ1) is 10.3. The van der Waals surface area contributed by atoms with Gasteiger partial charge in [-0.05, 0) is 0 Å². The number of alkyl halides is 2. The lowest BCUT2D eigenvalue weighted by Crippen LogP contribution is -2.06. The third kappa shape index (κ3) is 3.30. The second-order valence-corrected chi connectivity index (χ2v) is 2.29. The summed E-state index contributed by atoms with van der Waals surface area (Å²) in [7, 11) is 0. The van der Waals surface area contributed by atoms with Crippen LogP contribution in [0.15, 0.2) is 12.4 Å². The van der Waals surface area contributed by atoms with E-state index in [9.17, 15) is 13.6 Å². The number of hydrogen-bond donors (Lipinski definition) is 1. The first-order valence-corrected chi connectivity index (χ1v) is 3.55. The Morgan fingerprint density at radius 3 is 2.64 bits per heavy atom. The Morgan fingerprint density at radius 1 is 1.50 bits per heavy atom. The zero-order chi connectivity index (χ0) is 10.6. The molecule has 5 nitrogen and oxygen atoms in total. The zero-order valence-corrected chi connectivity index (χ0v) is 6.85. The molecule has 0 amide bonds. The second kappa shape index (κ2) is 4.45. The van der Waals surface area contributed by atoms with Crippen LogP contribution in [-0.2, 0) is 11.2 Å². The van der Waals surface area contributed by atoms with Gasteiger partial charge < -0.3 is 9.84 Å². The first-order valence-electron chi connectivity index (χ1n) is 3.55. The van der Waals surface area contributed by atoms with Gasteiger partial charge in [-0.3, -0.25) is 9.78 Å². The van der Waals surface area contributed by atoms with E-state index in [1.165, 1.54) is 0 Å². The van der Waals surface area contributed by atoms with Crippen molar-refractivity contribution < 1.29 is 23.4 Å². The summed E-state index contributed by atoms with van der Waals surface area (Å²) in [6.07, 6.45) is 1.72. The Morgan fingerprint density at radius 2 is 2.21 bits per heavy atom. The fraction of sp³-hybridized carbons (Fsp3) is 0.286. The highest BCUT2D eigenvalue weighted by Crippen LogP contribution is 2.08. The van der Waals surface area contributed by atoms with Crippen molar-refractivity contribution in [3.05, 3.63) is 18.1 Å². The van der Waals surface area contributed by atoms with E-state index in [2.05, 4.69) is 14.7 Å². The summed E-state index contributed by atoms with van der Waals surface area (Å²) in [5, 5.41) is 8.36. The van der Waals surface area contributed by atoms with Crippen LogP contribution >= 0.6 is 0 Å². The van der Waals surface area contributed by atoms with Crippen molar-refractivity contribution in [3.8, 4) is 5.88 Å². The van der Waals surface area contributed by atoms with Gasteiger partial charge in [0.05, 0.1) is 24.5 Å². The summed E-state index contributed by atoms with van der Waals surface area (Å²) in [5.41, 5.74) is 0.180. The number of aliphatic carboxylic acids is 1. The molecular weight excluding hydrogens is 198 g/mol. The Kier molecular flexibility index (Phi) is 3.27. The van der Waals surface area contributed by atoms with Gasteiger partial charge in [0.25, 0.3) is 0 Å². The van der Waals surface area contributed by atoms with Gasteiger partial charge in [-0.1, -0.05) is 0 Å². The molecule has 0 aromatic carbocycles. The average molecular weight is 204 g/mol. The number of rotatable bonds is 4. The standard InChI is InChI=1S/C7H6F2N2O3/c8-7(9)14-5-3-10-4(2-11-5)1-6(12)13/h2-3,7H,1H2,(H,12,13). The van der Waals surface area contributed by atoms with Gasteiger partial charge >= 0.3 is 12.6 Å².